The van der Waals surface area contributed by atoms with Crippen LogP contribution in [-0.4, -0.2) is 23.2 Å². The summed E-state index contributed by atoms with van der Waals surface area (Å²) in [4.78, 5) is 10.1. The molecule has 0 radical (unpaired) electrons. The molecule has 0 aliphatic heterocycles. The lowest BCUT2D eigenvalue weighted by Gasteiger charge is -2.30. The van der Waals surface area contributed by atoms with Crippen molar-refractivity contribution in [2.24, 2.45) is 0 Å². The molecular weight excluding hydrogens is 298 g/mol. The van der Waals surface area contributed by atoms with E-state index in [-0.39, 0.29) is 0 Å². The average molecular weight is 338 g/mol. The second-order valence-electron chi connectivity index (χ2n) is 7.47. The van der Waals surface area contributed by atoms with Gasteiger partial charge in [-0.1, -0.05) is 57.4 Å². The summed E-state index contributed by atoms with van der Waals surface area (Å²) in [5.74, 6) is -0.686. The largest absolute Gasteiger partial charge is 0.481 e. The van der Waals surface area contributed by atoms with E-state index < -0.39 is 5.97 Å². The van der Waals surface area contributed by atoms with E-state index in [2.05, 4.69) is 11.9 Å². The third-order valence-electron chi connectivity index (χ3n) is 5.23. The van der Waals surface area contributed by atoms with Crippen LogP contribution in [0, 0.1) is 0 Å². The number of hydrogen-bond donors (Lipinski definition) is 2. The van der Waals surface area contributed by atoms with Crippen molar-refractivity contribution in [2.75, 3.05) is 0 Å². The van der Waals surface area contributed by atoms with Crippen molar-refractivity contribution in [3.8, 4) is 0 Å². The van der Waals surface area contributed by atoms with E-state index in [9.17, 15) is 4.79 Å². The normalized spacial score (nSPS) is 19.3. The summed E-state index contributed by atoms with van der Waals surface area (Å²) >= 11 is 0. The number of hydrogen-bond acceptors (Lipinski definition) is 2. The van der Waals surface area contributed by atoms with Crippen LogP contribution < -0.4 is 5.32 Å². The standard InChI is InChI=1S/C12H23N.C9H16O2/c1-3-7-11(8-4-1)13-12-9-5-2-6-10-12;1-2-3-4-5-6-7-8-9(10)11/h11-13H,1-10H2;2H,1,3-8H2,(H,10,11). The van der Waals surface area contributed by atoms with Crippen LogP contribution in [0.5, 0.6) is 0 Å². The van der Waals surface area contributed by atoms with Gasteiger partial charge in [0.1, 0.15) is 0 Å². The lowest BCUT2D eigenvalue weighted by molar-refractivity contribution is -0.137. The van der Waals surface area contributed by atoms with E-state index in [1.165, 1.54) is 64.2 Å². The third kappa shape index (κ3) is 11.7. The highest BCUT2D eigenvalue weighted by atomic mass is 16.4. The predicted octanol–water partition coefficient (Wildman–Crippen LogP) is 5.84. The zero-order valence-corrected chi connectivity index (χ0v) is 15.6. The van der Waals surface area contributed by atoms with Gasteiger partial charge in [-0.05, 0) is 44.9 Å². The molecule has 3 heteroatoms. The molecule has 0 spiro atoms. The number of allylic oxidation sites excluding steroid dienone is 1. The van der Waals surface area contributed by atoms with Crippen LogP contribution in [0.4, 0.5) is 0 Å². The lowest BCUT2D eigenvalue weighted by Crippen LogP contribution is -2.40. The first kappa shape index (κ1) is 21.2. The van der Waals surface area contributed by atoms with Gasteiger partial charge in [0.2, 0.25) is 0 Å². The van der Waals surface area contributed by atoms with Gasteiger partial charge >= 0.3 is 5.97 Å². The Kier molecular flexibility index (Phi) is 12.8. The van der Waals surface area contributed by atoms with Crippen molar-refractivity contribution < 1.29 is 9.90 Å². The molecule has 0 aromatic rings. The Morgan fingerprint density at radius 3 is 1.83 bits per heavy atom. The van der Waals surface area contributed by atoms with Crippen LogP contribution in [-0.2, 0) is 4.79 Å². The molecule has 2 aliphatic rings. The number of carbonyl (C=O) groups is 1. The first-order chi connectivity index (χ1) is 11.7. The highest BCUT2D eigenvalue weighted by Gasteiger charge is 2.19. The van der Waals surface area contributed by atoms with Crippen LogP contribution >= 0.6 is 0 Å². The molecule has 24 heavy (non-hydrogen) atoms. The summed E-state index contributed by atoms with van der Waals surface area (Å²) in [5, 5.41) is 12.2. The maximum absolute atomic E-state index is 10.1. The Labute approximate surface area is 149 Å². The molecular formula is C21H39NO2. The van der Waals surface area contributed by atoms with Gasteiger partial charge in [0.25, 0.3) is 0 Å². The summed E-state index contributed by atoms with van der Waals surface area (Å²) in [7, 11) is 0. The Balaban J connectivity index is 0.000000245. The molecule has 0 heterocycles. The quantitative estimate of drug-likeness (QED) is 0.410. The summed E-state index contributed by atoms with van der Waals surface area (Å²) in [5.41, 5.74) is 0. The molecule has 0 amide bonds. The van der Waals surface area contributed by atoms with Crippen molar-refractivity contribution in [1.29, 1.82) is 0 Å². The van der Waals surface area contributed by atoms with Crippen LogP contribution in [0.15, 0.2) is 12.7 Å². The van der Waals surface area contributed by atoms with Crippen molar-refractivity contribution >= 4 is 5.97 Å². The molecule has 2 saturated carbocycles. The number of carboxylic acids is 1. The molecule has 2 N–H and O–H groups in total. The summed E-state index contributed by atoms with van der Waals surface area (Å²) in [6.45, 7) is 3.61. The number of carboxylic acid groups (broad SMARTS) is 1. The van der Waals surface area contributed by atoms with E-state index in [0.29, 0.717) is 6.42 Å². The van der Waals surface area contributed by atoms with Crippen LogP contribution in [0.3, 0.4) is 0 Å². The molecule has 0 atom stereocenters. The molecule has 0 saturated heterocycles. The summed E-state index contributed by atoms with van der Waals surface area (Å²) in [6.07, 6.45) is 21.9. The Morgan fingerprint density at radius 1 is 0.875 bits per heavy atom. The number of aliphatic carboxylic acids is 1. The first-order valence-electron chi connectivity index (χ1n) is 10.3. The van der Waals surface area contributed by atoms with E-state index >= 15 is 0 Å². The van der Waals surface area contributed by atoms with Gasteiger partial charge in [-0.15, -0.1) is 6.58 Å². The smallest absolute Gasteiger partial charge is 0.303 e. The second-order valence-corrected chi connectivity index (χ2v) is 7.47. The lowest BCUT2D eigenvalue weighted by atomic mass is 9.91. The van der Waals surface area contributed by atoms with Gasteiger partial charge in [0.15, 0.2) is 0 Å². The molecule has 2 aliphatic carbocycles. The fourth-order valence-electron chi connectivity index (χ4n) is 3.79. The van der Waals surface area contributed by atoms with Gasteiger partial charge in [-0.2, -0.15) is 0 Å². The maximum atomic E-state index is 10.1. The van der Waals surface area contributed by atoms with Gasteiger partial charge in [-0.25, -0.2) is 0 Å². The van der Waals surface area contributed by atoms with Crippen LogP contribution in [0.1, 0.15) is 103 Å². The minimum absolute atomic E-state index is 0.314. The van der Waals surface area contributed by atoms with Crippen molar-refractivity contribution in [1.82, 2.24) is 5.32 Å². The monoisotopic (exact) mass is 337 g/mol. The maximum Gasteiger partial charge on any atom is 0.303 e. The molecule has 0 bridgehead atoms. The average Bonchev–Trinajstić information content (AvgIpc) is 2.60. The van der Waals surface area contributed by atoms with Gasteiger partial charge < -0.3 is 10.4 Å². The minimum atomic E-state index is -0.686. The third-order valence-corrected chi connectivity index (χ3v) is 5.23. The Morgan fingerprint density at radius 2 is 1.38 bits per heavy atom. The molecule has 0 aromatic heterocycles. The fourth-order valence-corrected chi connectivity index (χ4v) is 3.79. The van der Waals surface area contributed by atoms with Crippen molar-refractivity contribution in [3.63, 3.8) is 0 Å². The Bertz CT molecular complexity index is 302. The first-order valence-corrected chi connectivity index (χ1v) is 10.3. The van der Waals surface area contributed by atoms with E-state index in [1.807, 2.05) is 6.08 Å². The predicted molar refractivity (Wildman–Crippen MR) is 102 cm³/mol. The van der Waals surface area contributed by atoms with Gasteiger partial charge in [0.05, 0.1) is 0 Å². The van der Waals surface area contributed by atoms with Crippen molar-refractivity contribution in [2.45, 2.75) is 115 Å². The molecule has 0 unspecified atom stereocenters. The van der Waals surface area contributed by atoms with Crippen molar-refractivity contribution in [3.05, 3.63) is 12.7 Å². The Hall–Kier alpha value is -0.830. The number of unbranched alkanes of at least 4 members (excludes halogenated alkanes) is 4. The SMILES string of the molecule is C1CCC(NC2CCCCC2)CC1.C=CCCCCCCC(=O)O. The molecule has 2 rings (SSSR count). The zero-order chi connectivity index (χ0) is 17.5. The second kappa shape index (κ2) is 14.5. The van der Waals surface area contributed by atoms with Crippen LogP contribution in [0.25, 0.3) is 0 Å². The molecule has 0 aromatic carbocycles. The fraction of sp³-hybridized carbons (Fsp3) is 0.857. The summed E-state index contributed by atoms with van der Waals surface area (Å²) in [6, 6.07) is 1.74. The van der Waals surface area contributed by atoms with E-state index in [4.69, 9.17) is 5.11 Å². The highest BCUT2D eigenvalue weighted by molar-refractivity contribution is 5.66. The van der Waals surface area contributed by atoms with Crippen LogP contribution in [0.2, 0.25) is 0 Å². The number of rotatable bonds is 9. The van der Waals surface area contributed by atoms with E-state index in [1.54, 1.807) is 0 Å². The summed E-state index contributed by atoms with van der Waals surface area (Å²) < 4.78 is 0. The minimum Gasteiger partial charge on any atom is -0.481 e. The topological polar surface area (TPSA) is 49.3 Å². The zero-order valence-electron chi connectivity index (χ0n) is 15.6. The van der Waals surface area contributed by atoms with E-state index in [0.717, 1.165) is 44.2 Å². The van der Waals surface area contributed by atoms with Gasteiger partial charge in [-0.3, -0.25) is 4.79 Å². The molecule has 3 nitrogen and oxygen atoms in total. The number of nitrogens with one attached hydrogen (secondary N) is 1. The molecule has 140 valence electrons. The molecule has 2 fully saturated rings. The van der Waals surface area contributed by atoms with Gasteiger partial charge in [0, 0.05) is 18.5 Å². The highest BCUT2D eigenvalue weighted by Crippen LogP contribution is 2.22.